The van der Waals surface area contributed by atoms with Crippen molar-refractivity contribution in [3.63, 3.8) is 0 Å². The van der Waals surface area contributed by atoms with Gasteiger partial charge in [0.1, 0.15) is 0 Å². The van der Waals surface area contributed by atoms with Gasteiger partial charge in [-0.2, -0.15) is 0 Å². The van der Waals surface area contributed by atoms with Gasteiger partial charge in [0.15, 0.2) is 11.5 Å². The number of ether oxygens (including phenoxy) is 2. The summed E-state index contributed by atoms with van der Waals surface area (Å²) in [7, 11) is 0. The molecule has 3 rings (SSSR count). The number of fused-ring (bicyclic) bond motifs is 1. The van der Waals surface area contributed by atoms with Gasteiger partial charge in [0.25, 0.3) is 0 Å². The van der Waals surface area contributed by atoms with Crippen LogP contribution in [0.3, 0.4) is 0 Å². The Labute approximate surface area is 114 Å². The van der Waals surface area contributed by atoms with Crippen molar-refractivity contribution in [3.05, 3.63) is 22.2 Å². The van der Waals surface area contributed by atoms with Gasteiger partial charge in [-0.25, -0.2) is 0 Å². The SMILES string of the molecule is CC1(Cc2cc(Br)c3c(c2)OCO3)CCC(=O)N1. The van der Waals surface area contributed by atoms with E-state index in [-0.39, 0.29) is 18.2 Å². The molecule has 0 saturated carbocycles. The molecule has 18 heavy (non-hydrogen) atoms. The molecule has 1 aromatic rings. The fraction of sp³-hybridized carbons (Fsp3) is 0.462. The first-order valence-electron chi connectivity index (χ1n) is 5.95. The van der Waals surface area contributed by atoms with Crippen LogP contribution >= 0.6 is 15.9 Å². The Hall–Kier alpha value is -1.23. The minimum absolute atomic E-state index is 0.136. The molecule has 1 atom stereocenters. The number of benzene rings is 1. The molecular weight excluding hydrogens is 298 g/mol. The second kappa shape index (κ2) is 4.16. The number of nitrogens with one attached hydrogen (secondary N) is 1. The van der Waals surface area contributed by atoms with Crippen LogP contribution in [0.4, 0.5) is 0 Å². The highest BCUT2D eigenvalue weighted by atomic mass is 79.9. The third kappa shape index (κ3) is 2.07. The van der Waals surface area contributed by atoms with Crippen LogP contribution < -0.4 is 14.8 Å². The van der Waals surface area contributed by atoms with Crippen molar-refractivity contribution < 1.29 is 14.3 Å². The predicted octanol–water partition coefficient (Wildman–Crippen LogP) is 2.39. The van der Waals surface area contributed by atoms with Crippen LogP contribution in [0, 0.1) is 0 Å². The highest BCUT2D eigenvalue weighted by Crippen LogP contribution is 2.41. The Morgan fingerprint density at radius 1 is 1.44 bits per heavy atom. The summed E-state index contributed by atoms with van der Waals surface area (Å²) in [5, 5.41) is 3.04. The third-order valence-corrected chi connectivity index (χ3v) is 4.02. The van der Waals surface area contributed by atoms with Gasteiger partial charge in [-0.05, 0) is 53.4 Å². The standard InChI is InChI=1S/C13H14BrNO3/c1-13(3-2-11(16)15-13)6-8-4-9(14)12-10(5-8)17-7-18-12/h4-5H,2-3,6-7H2,1H3,(H,15,16). The summed E-state index contributed by atoms with van der Waals surface area (Å²) in [6.45, 7) is 2.35. The normalized spacial score (nSPS) is 25.3. The van der Waals surface area contributed by atoms with Crippen molar-refractivity contribution in [2.24, 2.45) is 0 Å². The van der Waals surface area contributed by atoms with E-state index in [2.05, 4.69) is 28.2 Å². The van der Waals surface area contributed by atoms with Crippen LogP contribution in [-0.4, -0.2) is 18.2 Å². The Balaban J connectivity index is 1.85. The lowest BCUT2D eigenvalue weighted by atomic mass is 9.91. The molecule has 2 aliphatic heterocycles. The maximum Gasteiger partial charge on any atom is 0.231 e. The van der Waals surface area contributed by atoms with E-state index in [0.29, 0.717) is 6.42 Å². The molecule has 1 unspecified atom stereocenters. The molecular formula is C13H14BrNO3. The number of hydrogen-bond donors (Lipinski definition) is 1. The summed E-state index contributed by atoms with van der Waals surface area (Å²) in [4.78, 5) is 11.3. The molecule has 1 amide bonds. The Morgan fingerprint density at radius 3 is 3.00 bits per heavy atom. The van der Waals surface area contributed by atoms with E-state index in [4.69, 9.17) is 9.47 Å². The minimum Gasteiger partial charge on any atom is -0.454 e. The van der Waals surface area contributed by atoms with E-state index in [1.807, 2.05) is 12.1 Å². The van der Waals surface area contributed by atoms with E-state index in [9.17, 15) is 4.79 Å². The van der Waals surface area contributed by atoms with Gasteiger partial charge in [-0.1, -0.05) is 0 Å². The number of rotatable bonds is 2. The number of carbonyl (C=O) groups is 1. The van der Waals surface area contributed by atoms with Crippen molar-refractivity contribution >= 4 is 21.8 Å². The predicted molar refractivity (Wildman–Crippen MR) is 69.8 cm³/mol. The van der Waals surface area contributed by atoms with Gasteiger partial charge in [0.05, 0.1) is 4.47 Å². The maximum atomic E-state index is 11.3. The third-order valence-electron chi connectivity index (χ3n) is 3.43. The van der Waals surface area contributed by atoms with Crippen molar-refractivity contribution in [2.45, 2.75) is 31.7 Å². The van der Waals surface area contributed by atoms with Crippen molar-refractivity contribution in [3.8, 4) is 11.5 Å². The fourth-order valence-electron chi connectivity index (χ4n) is 2.56. The van der Waals surface area contributed by atoms with E-state index >= 15 is 0 Å². The van der Waals surface area contributed by atoms with E-state index in [1.165, 1.54) is 0 Å². The topological polar surface area (TPSA) is 47.6 Å². The summed E-state index contributed by atoms with van der Waals surface area (Å²) in [5.41, 5.74) is 0.986. The lowest BCUT2D eigenvalue weighted by molar-refractivity contribution is -0.119. The van der Waals surface area contributed by atoms with Crippen LogP contribution in [-0.2, 0) is 11.2 Å². The molecule has 5 heteroatoms. The Kier molecular flexibility index (Phi) is 2.73. The quantitative estimate of drug-likeness (QED) is 0.912. The van der Waals surface area contributed by atoms with E-state index < -0.39 is 0 Å². The average Bonchev–Trinajstić information content (AvgIpc) is 2.86. The molecule has 1 fully saturated rings. The lowest BCUT2D eigenvalue weighted by Crippen LogP contribution is -2.40. The van der Waals surface area contributed by atoms with Crippen molar-refractivity contribution in [2.75, 3.05) is 6.79 Å². The average molecular weight is 312 g/mol. The van der Waals surface area contributed by atoms with Gasteiger partial charge in [0.2, 0.25) is 12.7 Å². The Morgan fingerprint density at radius 2 is 2.28 bits per heavy atom. The molecule has 0 aliphatic carbocycles. The van der Waals surface area contributed by atoms with Crippen LogP contribution in [0.2, 0.25) is 0 Å². The first-order valence-corrected chi connectivity index (χ1v) is 6.74. The molecule has 1 N–H and O–H groups in total. The summed E-state index contributed by atoms with van der Waals surface area (Å²) in [5.74, 6) is 1.67. The van der Waals surface area contributed by atoms with E-state index in [1.54, 1.807) is 0 Å². The molecule has 1 saturated heterocycles. The lowest BCUT2D eigenvalue weighted by Gasteiger charge is -2.24. The number of halogens is 1. The summed E-state index contributed by atoms with van der Waals surface area (Å²) < 4.78 is 11.7. The van der Waals surface area contributed by atoms with Gasteiger partial charge in [-0.15, -0.1) is 0 Å². The van der Waals surface area contributed by atoms with Crippen LogP contribution in [0.1, 0.15) is 25.3 Å². The first-order chi connectivity index (χ1) is 8.56. The largest absolute Gasteiger partial charge is 0.454 e. The summed E-state index contributed by atoms with van der Waals surface area (Å²) in [6.07, 6.45) is 2.29. The maximum absolute atomic E-state index is 11.3. The minimum atomic E-state index is -0.149. The molecule has 2 heterocycles. The van der Waals surface area contributed by atoms with E-state index in [0.717, 1.165) is 34.4 Å². The molecule has 0 bridgehead atoms. The summed E-state index contributed by atoms with van der Waals surface area (Å²) >= 11 is 3.48. The second-order valence-electron chi connectivity index (χ2n) is 5.10. The number of carbonyl (C=O) groups excluding carboxylic acids is 1. The van der Waals surface area contributed by atoms with Gasteiger partial charge in [-0.3, -0.25) is 4.79 Å². The smallest absolute Gasteiger partial charge is 0.231 e. The molecule has 1 aromatic carbocycles. The fourth-order valence-corrected chi connectivity index (χ4v) is 3.16. The molecule has 0 radical (unpaired) electrons. The highest BCUT2D eigenvalue weighted by Gasteiger charge is 2.33. The molecule has 4 nitrogen and oxygen atoms in total. The second-order valence-corrected chi connectivity index (χ2v) is 5.95. The zero-order valence-corrected chi connectivity index (χ0v) is 11.7. The first kappa shape index (κ1) is 11.8. The molecule has 2 aliphatic rings. The highest BCUT2D eigenvalue weighted by molar-refractivity contribution is 9.10. The molecule has 0 aromatic heterocycles. The summed E-state index contributed by atoms with van der Waals surface area (Å²) in [6, 6.07) is 4.02. The number of hydrogen-bond acceptors (Lipinski definition) is 3. The van der Waals surface area contributed by atoms with Crippen LogP contribution in [0.15, 0.2) is 16.6 Å². The van der Waals surface area contributed by atoms with Crippen molar-refractivity contribution in [1.29, 1.82) is 0 Å². The zero-order valence-electron chi connectivity index (χ0n) is 10.1. The van der Waals surface area contributed by atoms with Gasteiger partial charge in [0, 0.05) is 12.0 Å². The van der Waals surface area contributed by atoms with Gasteiger partial charge < -0.3 is 14.8 Å². The zero-order chi connectivity index (χ0) is 12.8. The molecule has 0 spiro atoms. The monoisotopic (exact) mass is 311 g/mol. The van der Waals surface area contributed by atoms with Crippen molar-refractivity contribution in [1.82, 2.24) is 5.32 Å². The molecule has 96 valence electrons. The Bertz CT molecular complexity index is 517. The van der Waals surface area contributed by atoms with Crippen LogP contribution in [0.5, 0.6) is 11.5 Å². The van der Waals surface area contributed by atoms with Crippen LogP contribution in [0.25, 0.3) is 0 Å². The number of amides is 1. The van der Waals surface area contributed by atoms with Gasteiger partial charge >= 0.3 is 0 Å².